The molecule has 2 nitrogen and oxygen atoms in total. The fourth-order valence-electron chi connectivity index (χ4n) is 0.848. The van der Waals surface area contributed by atoms with E-state index in [1.807, 2.05) is 0 Å². The molecule has 2 heteroatoms. The summed E-state index contributed by atoms with van der Waals surface area (Å²) in [5, 5.41) is 3.30. The van der Waals surface area contributed by atoms with Gasteiger partial charge in [-0.2, -0.15) is 0 Å². The molecule has 0 fully saturated rings. The lowest BCUT2D eigenvalue weighted by Gasteiger charge is -2.11. The van der Waals surface area contributed by atoms with Gasteiger partial charge in [0.1, 0.15) is 0 Å². The van der Waals surface area contributed by atoms with Gasteiger partial charge in [0.05, 0.1) is 6.61 Å². The lowest BCUT2D eigenvalue weighted by atomic mass is 10.3. The number of methoxy groups -OCH3 is 1. The summed E-state index contributed by atoms with van der Waals surface area (Å²) in [5.41, 5.74) is 0. The predicted molar refractivity (Wildman–Crippen MR) is 47.4 cm³/mol. The standard InChI is InChI=1S/C9H17NO/c1-4-5-6-7-10-9(2)8-11-3/h1,9-10H,5-8H2,2-3H3. The van der Waals surface area contributed by atoms with Gasteiger partial charge in [-0.25, -0.2) is 0 Å². The van der Waals surface area contributed by atoms with Gasteiger partial charge in [-0.05, 0) is 19.9 Å². The van der Waals surface area contributed by atoms with Gasteiger partial charge >= 0.3 is 0 Å². The summed E-state index contributed by atoms with van der Waals surface area (Å²) in [4.78, 5) is 0. The number of unbranched alkanes of at least 4 members (excludes halogenated alkanes) is 1. The van der Waals surface area contributed by atoms with Crippen molar-refractivity contribution in [3.05, 3.63) is 0 Å². The van der Waals surface area contributed by atoms with Gasteiger partial charge in [-0.3, -0.25) is 0 Å². The molecule has 0 aromatic rings. The van der Waals surface area contributed by atoms with Crippen molar-refractivity contribution in [3.8, 4) is 12.3 Å². The Hall–Kier alpha value is -0.520. The Morgan fingerprint density at radius 3 is 2.91 bits per heavy atom. The minimum absolute atomic E-state index is 0.428. The lowest BCUT2D eigenvalue weighted by molar-refractivity contribution is 0.172. The smallest absolute Gasteiger partial charge is 0.0613 e. The van der Waals surface area contributed by atoms with E-state index in [0.717, 1.165) is 26.0 Å². The molecule has 0 aromatic heterocycles. The van der Waals surface area contributed by atoms with E-state index in [9.17, 15) is 0 Å². The van der Waals surface area contributed by atoms with Gasteiger partial charge in [-0.1, -0.05) is 0 Å². The summed E-state index contributed by atoms with van der Waals surface area (Å²) in [5.74, 6) is 2.60. The lowest BCUT2D eigenvalue weighted by Crippen LogP contribution is -2.30. The third kappa shape index (κ3) is 7.38. The van der Waals surface area contributed by atoms with Gasteiger partial charge in [-0.15, -0.1) is 12.3 Å². The second-order valence-corrected chi connectivity index (χ2v) is 2.62. The maximum atomic E-state index is 5.10. The molecule has 0 rings (SSSR count). The highest BCUT2D eigenvalue weighted by Gasteiger charge is 1.97. The van der Waals surface area contributed by atoms with E-state index in [-0.39, 0.29) is 0 Å². The van der Waals surface area contributed by atoms with Crippen LogP contribution in [0.15, 0.2) is 0 Å². The average molecular weight is 155 g/mol. The van der Waals surface area contributed by atoms with Crippen LogP contribution in [0.5, 0.6) is 0 Å². The molecule has 1 unspecified atom stereocenters. The zero-order valence-corrected chi connectivity index (χ0v) is 7.39. The molecule has 1 atom stereocenters. The van der Waals surface area contributed by atoms with E-state index in [4.69, 9.17) is 11.2 Å². The Kier molecular flexibility index (Phi) is 7.23. The van der Waals surface area contributed by atoms with Crippen LogP contribution in [0.2, 0.25) is 0 Å². The number of hydrogen-bond donors (Lipinski definition) is 1. The average Bonchev–Trinajstić information content (AvgIpc) is 1.99. The quantitative estimate of drug-likeness (QED) is 0.457. The first-order valence-corrected chi connectivity index (χ1v) is 3.97. The molecule has 0 aliphatic heterocycles. The molecule has 11 heavy (non-hydrogen) atoms. The molecule has 0 spiro atoms. The van der Waals surface area contributed by atoms with Crippen molar-refractivity contribution in [2.75, 3.05) is 20.3 Å². The SMILES string of the molecule is C#CCCCNC(C)COC. The van der Waals surface area contributed by atoms with Crippen LogP contribution < -0.4 is 5.32 Å². The second kappa shape index (κ2) is 7.59. The van der Waals surface area contributed by atoms with Gasteiger partial charge in [0.2, 0.25) is 0 Å². The van der Waals surface area contributed by atoms with Crippen molar-refractivity contribution in [3.63, 3.8) is 0 Å². The summed E-state index contributed by atoms with van der Waals surface area (Å²) in [6, 6.07) is 0.428. The third-order valence-corrected chi connectivity index (χ3v) is 1.41. The van der Waals surface area contributed by atoms with E-state index >= 15 is 0 Å². The normalized spacial score (nSPS) is 12.5. The maximum Gasteiger partial charge on any atom is 0.0613 e. The monoisotopic (exact) mass is 155 g/mol. The predicted octanol–water partition coefficient (Wildman–Crippen LogP) is 1.02. The molecule has 0 heterocycles. The Balaban J connectivity index is 3.05. The maximum absolute atomic E-state index is 5.10. The van der Waals surface area contributed by atoms with Crippen molar-refractivity contribution >= 4 is 0 Å². The molecular formula is C9H17NO. The van der Waals surface area contributed by atoms with Gasteiger partial charge in [0.15, 0.2) is 0 Å². The Bertz CT molecular complexity index is 117. The summed E-state index contributed by atoms with van der Waals surface area (Å²) in [6.45, 7) is 3.84. The van der Waals surface area contributed by atoms with Crippen molar-refractivity contribution in [1.82, 2.24) is 5.32 Å². The van der Waals surface area contributed by atoms with Gasteiger partial charge in [0, 0.05) is 19.6 Å². The minimum Gasteiger partial charge on any atom is -0.383 e. The molecule has 64 valence electrons. The van der Waals surface area contributed by atoms with Crippen LogP contribution in [-0.2, 0) is 4.74 Å². The summed E-state index contributed by atoms with van der Waals surface area (Å²) in [7, 11) is 1.71. The Morgan fingerprint density at radius 2 is 2.36 bits per heavy atom. The van der Waals surface area contributed by atoms with Gasteiger partial charge < -0.3 is 10.1 Å². The van der Waals surface area contributed by atoms with Crippen molar-refractivity contribution in [2.24, 2.45) is 0 Å². The number of ether oxygens (including phenoxy) is 1. The number of rotatable bonds is 6. The molecular weight excluding hydrogens is 138 g/mol. The highest BCUT2D eigenvalue weighted by atomic mass is 16.5. The highest BCUT2D eigenvalue weighted by Crippen LogP contribution is 1.86. The van der Waals surface area contributed by atoms with Crippen molar-refractivity contribution < 1.29 is 4.74 Å². The molecule has 0 aliphatic carbocycles. The van der Waals surface area contributed by atoms with E-state index in [1.54, 1.807) is 7.11 Å². The minimum atomic E-state index is 0.428. The van der Waals surface area contributed by atoms with Crippen LogP contribution >= 0.6 is 0 Å². The first-order chi connectivity index (χ1) is 5.31. The van der Waals surface area contributed by atoms with E-state index in [2.05, 4.69) is 18.2 Å². The highest BCUT2D eigenvalue weighted by molar-refractivity contribution is 4.83. The van der Waals surface area contributed by atoms with Crippen molar-refractivity contribution in [2.45, 2.75) is 25.8 Å². The van der Waals surface area contributed by atoms with Crippen LogP contribution in [0.3, 0.4) is 0 Å². The Labute approximate surface area is 69.3 Å². The molecule has 0 saturated carbocycles. The molecule has 0 aromatic carbocycles. The van der Waals surface area contributed by atoms with E-state index < -0.39 is 0 Å². The third-order valence-electron chi connectivity index (χ3n) is 1.41. The fourth-order valence-corrected chi connectivity index (χ4v) is 0.848. The number of hydrogen-bond acceptors (Lipinski definition) is 2. The summed E-state index contributed by atoms with van der Waals surface area (Å²) in [6.07, 6.45) is 7.00. The fraction of sp³-hybridized carbons (Fsp3) is 0.778. The van der Waals surface area contributed by atoms with Crippen LogP contribution in [0.1, 0.15) is 19.8 Å². The van der Waals surface area contributed by atoms with Crippen LogP contribution in [0.25, 0.3) is 0 Å². The number of terminal acetylenes is 1. The topological polar surface area (TPSA) is 21.3 Å². The molecule has 0 amide bonds. The summed E-state index contributed by atoms with van der Waals surface area (Å²) >= 11 is 0. The van der Waals surface area contributed by atoms with Crippen LogP contribution in [0.4, 0.5) is 0 Å². The molecule has 0 aliphatic rings. The first kappa shape index (κ1) is 10.5. The zero-order valence-electron chi connectivity index (χ0n) is 7.39. The Morgan fingerprint density at radius 1 is 1.64 bits per heavy atom. The first-order valence-electron chi connectivity index (χ1n) is 3.97. The largest absolute Gasteiger partial charge is 0.383 e. The van der Waals surface area contributed by atoms with Crippen molar-refractivity contribution in [1.29, 1.82) is 0 Å². The van der Waals surface area contributed by atoms with Crippen LogP contribution in [-0.4, -0.2) is 26.3 Å². The molecule has 1 N–H and O–H groups in total. The molecule has 0 radical (unpaired) electrons. The zero-order chi connectivity index (χ0) is 8.53. The summed E-state index contributed by atoms with van der Waals surface area (Å²) < 4.78 is 4.96. The van der Waals surface area contributed by atoms with E-state index in [0.29, 0.717) is 6.04 Å². The second-order valence-electron chi connectivity index (χ2n) is 2.62. The van der Waals surface area contributed by atoms with Gasteiger partial charge in [0.25, 0.3) is 0 Å². The molecule has 0 bridgehead atoms. The number of nitrogens with one attached hydrogen (secondary N) is 1. The van der Waals surface area contributed by atoms with E-state index in [1.165, 1.54) is 0 Å². The van der Waals surface area contributed by atoms with Crippen LogP contribution in [0, 0.1) is 12.3 Å². The molecule has 0 saturated heterocycles.